The average molecular weight is 372 g/mol. The van der Waals surface area contributed by atoms with E-state index in [1.165, 1.54) is 4.90 Å². The van der Waals surface area contributed by atoms with E-state index in [0.717, 1.165) is 12.1 Å². The zero-order valence-electron chi connectivity index (χ0n) is 14.8. The second-order valence-electron chi connectivity index (χ2n) is 6.18. The highest BCUT2D eigenvalue weighted by molar-refractivity contribution is 5.96. The van der Waals surface area contributed by atoms with Crippen LogP contribution in [0.4, 0.5) is 0 Å². The molecule has 2 aromatic rings. The third-order valence-corrected chi connectivity index (χ3v) is 4.51. The Kier molecular flexibility index (Phi) is 5.07. The Balaban J connectivity index is 1.64. The Morgan fingerprint density at radius 3 is 1.70 bits per heavy atom. The standard InChI is InChI=1S/C19H20N2O6/c1-27-14-4-2-12(3-5-14)18(25)20-6-8-21(9-7-20)19(26)13-10-15(22)17(24)16(23)11-13/h2-5,10-11,22-24H,6-9H2,1H3. The van der Waals surface area contributed by atoms with Crippen molar-refractivity contribution in [2.24, 2.45) is 0 Å². The predicted molar refractivity (Wildman–Crippen MR) is 96.2 cm³/mol. The van der Waals surface area contributed by atoms with Crippen LogP contribution in [0.1, 0.15) is 20.7 Å². The van der Waals surface area contributed by atoms with Gasteiger partial charge in [0.05, 0.1) is 7.11 Å². The van der Waals surface area contributed by atoms with Gasteiger partial charge in [0, 0.05) is 37.3 Å². The monoisotopic (exact) mass is 372 g/mol. The number of rotatable bonds is 3. The Morgan fingerprint density at radius 2 is 1.26 bits per heavy atom. The van der Waals surface area contributed by atoms with Crippen LogP contribution >= 0.6 is 0 Å². The van der Waals surface area contributed by atoms with Gasteiger partial charge in [-0.05, 0) is 36.4 Å². The Labute approximate surface area is 155 Å². The molecule has 2 amide bonds. The molecule has 3 N–H and O–H groups in total. The number of hydrogen-bond donors (Lipinski definition) is 3. The highest BCUT2D eigenvalue weighted by atomic mass is 16.5. The molecule has 142 valence electrons. The van der Waals surface area contributed by atoms with Gasteiger partial charge < -0.3 is 29.9 Å². The molecule has 0 radical (unpaired) electrons. The van der Waals surface area contributed by atoms with Crippen LogP contribution in [0.2, 0.25) is 0 Å². The average Bonchev–Trinajstić information content (AvgIpc) is 2.70. The summed E-state index contributed by atoms with van der Waals surface area (Å²) in [6.45, 7) is 1.38. The molecule has 8 heteroatoms. The van der Waals surface area contributed by atoms with Crippen molar-refractivity contribution in [2.45, 2.75) is 0 Å². The summed E-state index contributed by atoms with van der Waals surface area (Å²) in [5, 5.41) is 28.5. The summed E-state index contributed by atoms with van der Waals surface area (Å²) in [5.41, 5.74) is 0.613. The van der Waals surface area contributed by atoms with Gasteiger partial charge in [0.15, 0.2) is 17.2 Å². The molecule has 3 rings (SSSR count). The van der Waals surface area contributed by atoms with Crippen LogP contribution < -0.4 is 4.74 Å². The minimum absolute atomic E-state index is 0.0673. The summed E-state index contributed by atoms with van der Waals surface area (Å²) in [6, 6.07) is 9.04. The lowest BCUT2D eigenvalue weighted by Gasteiger charge is -2.35. The molecule has 0 unspecified atom stereocenters. The van der Waals surface area contributed by atoms with Crippen molar-refractivity contribution in [2.75, 3.05) is 33.3 Å². The summed E-state index contributed by atoms with van der Waals surface area (Å²) in [5.74, 6) is -1.64. The van der Waals surface area contributed by atoms with Crippen LogP contribution in [-0.2, 0) is 0 Å². The van der Waals surface area contributed by atoms with E-state index in [0.29, 0.717) is 37.5 Å². The molecule has 0 bridgehead atoms. The maximum atomic E-state index is 12.6. The smallest absolute Gasteiger partial charge is 0.254 e. The highest BCUT2D eigenvalue weighted by Gasteiger charge is 2.26. The number of benzene rings is 2. The van der Waals surface area contributed by atoms with E-state index in [1.807, 2.05) is 0 Å². The Hall–Kier alpha value is -3.42. The first-order chi connectivity index (χ1) is 12.9. The van der Waals surface area contributed by atoms with Crippen molar-refractivity contribution in [3.8, 4) is 23.0 Å². The van der Waals surface area contributed by atoms with Gasteiger partial charge in [-0.1, -0.05) is 0 Å². The van der Waals surface area contributed by atoms with E-state index in [1.54, 1.807) is 36.3 Å². The molecule has 1 aliphatic heterocycles. The Morgan fingerprint density at radius 1 is 0.815 bits per heavy atom. The molecule has 27 heavy (non-hydrogen) atoms. The minimum Gasteiger partial charge on any atom is -0.504 e. The molecule has 1 heterocycles. The summed E-state index contributed by atoms with van der Waals surface area (Å²) in [7, 11) is 1.56. The quantitative estimate of drug-likeness (QED) is 0.703. The summed E-state index contributed by atoms with van der Waals surface area (Å²) in [6.07, 6.45) is 0. The fourth-order valence-corrected chi connectivity index (χ4v) is 2.94. The molecule has 0 aromatic heterocycles. The Bertz CT molecular complexity index is 834. The molecule has 0 spiro atoms. The predicted octanol–water partition coefficient (Wildman–Crippen LogP) is 1.41. The fourth-order valence-electron chi connectivity index (χ4n) is 2.94. The van der Waals surface area contributed by atoms with E-state index >= 15 is 0 Å². The van der Waals surface area contributed by atoms with Crippen LogP contribution in [0.15, 0.2) is 36.4 Å². The largest absolute Gasteiger partial charge is 0.504 e. The van der Waals surface area contributed by atoms with Crippen molar-refractivity contribution in [1.29, 1.82) is 0 Å². The molecule has 0 saturated carbocycles. The third-order valence-electron chi connectivity index (χ3n) is 4.51. The molecule has 1 saturated heterocycles. The lowest BCUT2D eigenvalue weighted by molar-refractivity contribution is 0.0535. The first kappa shape index (κ1) is 18.4. The second-order valence-corrected chi connectivity index (χ2v) is 6.18. The molecule has 1 fully saturated rings. The van der Waals surface area contributed by atoms with Gasteiger partial charge in [-0.2, -0.15) is 0 Å². The van der Waals surface area contributed by atoms with Crippen LogP contribution in [0, 0.1) is 0 Å². The van der Waals surface area contributed by atoms with E-state index in [-0.39, 0.29) is 11.5 Å². The maximum Gasteiger partial charge on any atom is 0.254 e. The highest BCUT2D eigenvalue weighted by Crippen LogP contribution is 2.35. The molecular weight excluding hydrogens is 352 g/mol. The molecule has 0 atom stereocenters. The summed E-state index contributed by atoms with van der Waals surface area (Å²) in [4.78, 5) is 28.3. The number of carbonyl (C=O) groups excluding carboxylic acids is 2. The van der Waals surface area contributed by atoms with E-state index in [9.17, 15) is 24.9 Å². The fraction of sp³-hybridized carbons (Fsp3) is 0.263. The van der Waals surface area contributed by atoms with Gasteiger partial charge >= 0.3 is 0 Å². The zero-order chi connectivity index (χ0) is 19.6. The van der Waals surface area contributed by atoms with Gasteiger partial charge in [0.2, 0.25) is 0 Å². The number of piperazine rings is 1. The van der Waals surface area contributed by atoms with E-state index < -0.39 is 23.2 Å². The number of hydrogen-bond acceptors (Lipinski definition) is 6. The number of nitrogens with zero attached hydrogens (tertiary/aromatic N) is 2. The van der Waals surface area contributed by atoms with Crippen molar-refractivity contribution in [1.82, 2.24) is 9.80 Å². The topological polar surface area (TPSA) is 111 Å². The number of amides is 2. The number of aromatic hydroxyl groups is 3. The molecular formula is C19H20N2O6. The second kappa shape index (κ2) is 7.45. The number of carbonyl (C=O) groups is 2. The lowest BCUT2D eigenvalue weighted by atomic mass is 10.1. The SMILES string of the molecule is COc1ccc(C(=O)N2CCN(C(=O)c3cc(O)c(O)c(O)c3)CC2)cc1. The minimum atomic E-state index is -0.665. The van der Waals surface area contributed by atoms with Crippen molar-refractivity contribution in [3.05, 3.63) is 47.5 Å². The van der Waals surface area contributed by atoms with Gasteiger partial charge in [-0.3, -0.25) is 9.59 Å². The van der Waals surface area contributed by atoms with Crippen molar-refractivity contribution >= 4 is 11.8 Å². The zero-order valence-corrected chi connectivity index (χ0v) is 14.8. The molecule has 8 nitrogen and oxygen atoms in total. The lowest BCUT2D eigenvalue weighted by Crippen LogP contribution is -2.50. The number of methoxy groups -OCH3 is 1. The van der Waals surface area contributed by atoms with Crippen molar-refractivity contribution in [3.63, 3.8) is 0 Å². The van der Waals surface area contributed by atoms with Gasteiger partial charge in [-0.15, -0.1) is 0 Å². The van der Waals surface area contributed by atoms with Crippen LogP contribution in [0.5, 0.6) is 23.0 Å². The third kappa shape index (κ3) is 3.74. The summed E-state index contributed by atoms with van der Waals surface area (Å²) >= 11 is 0. The number of phenolic OH excluding ortho intramolecular Hbond substituents is 3. The number of ether oxygens (including phenoxy) is 1. The maximum absolute atomic E-state index is 12.6. The number of phenols is 3. The molecule has 1 aliphatic rings. The van der Waals surface area contributed by atoms with Crippen LogP contribution in [-0.4, -0.2) is 70.2 Å². The van der Waals surface area contributed by atoms with E-state index in [2.05, 4.69) is 0 Å². The first-order valence-corrected chi connectivity index (χ1v) is 8.38. The van der Waals surface area contributed by atoms with Crippen LogP contribution in [0.25, 0.3) is 0 Å². The van der Waals surface area contributed by atoms with Gasteiger partial charge in [-0.25, -0.2) is 0 Å². The van der Waals surface area contributed by atoms with Crippen LogP contribution in [0.3, 0.4) is 0 Å². The molecule has 0 aliphatic carbocycles. The first-order valence-electron chi connectivity index (χ1n) is 8.38. The van der Waals surface area contributed by atoms with Crippen molar-refractivity contribution < 1.29 is 29.6 Å². The normalized spacial score (nSPS) is 14.1. The van der Waals surface area contributed by atoms with Gasteiger partial charge in [0.1, 0.15) is 5.75 Å². The summed E-state index contributed by atoms with van der Waals surface area (Å²) < 4.78 is 5.08. The van der Waals surface area contributed by atoms with E-state index in [4.69, 9.17) is 4.74 Å². The molecule has 2 aromatic carbocycles. The van der Waals surface area contributed by atoms with Gasteiger partial charge in [0.25, 0.3) is 11.8 Å².